The van der Waals surface area contributed by atoms with Gasteiger partial charge in [-0.15, -0.1) is 0 Å². The van der Waals surface area contributed by atoms with Gasteiger partial charge in [0.25, 0.3) is 0 Å². The Morgan fingerprint density at radius 2 is 2.00 bits per heavy atom. The second-order valence-corrected chi connectivity index (χ2v) is 6.62. The van der Waals surface area contributed by atoms with Crippen molar-refractivity contribution in [2.45, 2.75) is 71.1 Å². The van der Waals surface area contributed by atoms with E-state index < -0.39 is 0 Å². The summed E-state index contributed by atoms with van der Waals surface area (Å²) in [5, 5.41) is 12.0. The number of hydrogen-bond donors (Lipinski definition) is 2. The molecule has 0 saturated carbocycles. The van der Waals surface area contributed by atoms with Crippen molar-refractivity contribution in [3.63, 3.8) is 0 Å². The van der Waals surface area contributed by atoms with Gasteiger partial charge in [0.1, 0.15) is 6.10 Å². The van der Waals surface area contributed by atoms with Crippen LogP contribution in [-0.2, 0) is 4.74 Å². The second-order valence-electron chi connectivity index (χ2n) is 6.62. The lowest BCUT2D eigenvalue weighted by atomic mass is 9.68. The molecule has 1 fully saturated rings. The maximum atomic E-state index is 11.6. The zero-order chi connectivity index (χ0) is 16.3. The number of aliphatic hydroxyl groups excluding tert-OH is 1. The van der Waals surface area contributed by atoms with Gasteiger partial charge in [-0.25, -0.2) is 4.79 Å². The molecule has 4 unspecified atom stereocenters. The maximum Gasteiger partial charge on any atom is 0.407 e. The molecule has 0 aromatic carbocycles. The molecule has 1 rings (SSSR count). The molecular weight excluding hydrogens is 268 g/mol. The van der Waals surface area contributed by atoms with E-state index in [-0.39, 0.29) is 35.8 Å². The van der Waals surface area contributed by atoms with Crippen molar-refractivity contribution in [2.75, 3.05) is 20.2 Å². The first-order chi connectivity index (χ1) is 9.78. The Hall–Kier alpha value is -0.810. The predicted molar refractivity (Wildman–Crippen MR) is 84.3 cm³/mol. The van der Waals surface area contributed by atoms with Gasteiger partial charge in [-0.2, -0.15) is 0 Å². The molecule has 1 heterocycles. The van der Waals surface area contributed by atoms with Crippen molar-refractivity contribution in [1.82, 2.24) is 10.2 Å². The Labute approximate surface area is 129 Å². The minimum atomic E-state index is -0.362. The minimum absolute atomic E-state index is 0.0707. The molecular formula is C16H32N2O3. The molecule has 5 heteroatoms. The molecule has 4 atom stereocenters. The summed E-state index contributed by atoms with van der Waals surface area (Å²) in [4.78, 5) is 14.1. The quantitative estimate of drug-likeness (QED) is 0.818. The Morgan fingerprint density at radius 3 is 2.43 bits per heavy atom. The third kappa shape index (κ3) is 3.34. The Bertz CT molecular complexity index is 363. The van der Waals surface area contributed by atoms with E-state index in [1.807, 2.05) is 0 Å². The third-order valence-electron chi connectivity index (χ3n) is 5.71. The van der Waals surface area contributed by atoms with E-state index >= 15 is 0 Å². The number of hydrogen-bond acceptors (Lipinski definition) is 4. The van der Waals surface area contributed by atoms with Gasteiger partial charge >= 0.3 is 6.09 Å². The molecule has 2 N–H and O–H groups in total. The fraction of sp³-hybridized carbons (Fsp3) is 0.938. The SMILES string of the molecule is CCC1(C)CC(OC(=O)NC)C(C)C(C)(CC)N1CCO. The third-order valence-corrected chi connectivity index (χ3v) is 5.71. The first-order valence-corrected chi connectivity index (χ1v) is 8.06. The number of piperidine rings is 1. The highest BCUT2D eigenvalue weighted by Gasteiger charge is 2.53. The Morgan fingerprint density at radius 1 is 1.38 bits per heavy atom. The van der Waals surface area contributed by atoms with E-state index in [4.69, 9.17) is 4.74 Å². The van der Waals surface area contributed by atoms with Crippen molar-refractivity contribution < 1.29 is 14.6 Å². The number of carbonyl (C=O) groups excluding carboxylic acids is 1. The number of nitrogens with one attached hydrogen (secondary N) is 1. The van der Waals surface area contributed by atoms with Crippen LogP contribution in [0.5, 0.6) is 0 Å². The van der Waals surface area contributed by atoms with E-state index in [1.165, 1.54) is 0 Å². The smallest absolute Gasteiger partial charge is 0.407 e. The van der Waals surface area contributed by atoms with Gasteiger partial charge in [0.2, 0.25) is 0 Å². The maximum absolute atomic E-state index is 11.6. The molecule has 124 valence electrons. The number of likely N-dealkylation sites (tertiary alicyclic amines) is 1. The molecule has 0 aliphatic carbocycles. The standard InChI is InChI=1S/C16H32N2O3/c1-7-15(4)11-13(21-14(20)17-6)12(3)16(5,8-2)18(15)9-10-19/h12-13,19H,7-11H2,1-6H3,(H,17,20). The molecule has 0 bridgehead atoms. The summed E-state index contributed by atoms with van der Waals surface area (Å²) in [5.41, 5.74) is -0.164. The number of carbonyl (C=O) groups is 1. The van der Waals surface area contributed by atoms with Crippen LogP contribution in [0.2, 0.25) is 0 Å². The normalized spacial score (nSPS) is 37.3. The molecule has 1 aliphatic rings. The number of nitrogens with zero attached hydrogens (tertiary/aromatic N) is 1. The lowest BCUT2D eigenvalue weighted by Crippen LogP contribution is -2.68. The summed E-state index contributed by atoms with van der Waals surface area (Å²) in [5.74, 6) is 0.214. The van der Waals surface area contributed by atoms with Crippen molar-refractivity contribution in [3.8, 4) is 0 Å². The summed E-state index contributed by atoms with van der Waals surface area (Å²) in [6.45, 7) is 11.7. The molecule has 1 saturated heterocycles. The van der Waals surface area contributed by atoms with Crippen molar-refractivity contribution in [3.05, 3.63) is 0 Å². The Kier molecular flexibility index (Phi) is 6.05. The molecule has 0 radical (unpaired) electrons. The largest absolute Gasteiger partial charge is 0.446 e. The molecule has 0 aromatic heterocycles. The fourth-order valence-electron chi connectivity index (χ4n) is 3.80. The van der Waals surface area contributed by atoms with Gasteiger partial charge in [0.15, 0.2) is 0 Å². The summed E-state index contributed by atoms with van der Waals surface area (Å²) in [6, 6.07) is 0. The van der Waals surface area contributed by atoms with Gasteiger partial charge in [0.05, 0.1) is 6.61 Å². The molecule has 5 nitrogen and oxygen atoms in total. The molecule has 1 amide bonds. The van der Waals surface area contributed by atoms with Crippen LogP contribution >= 0.6 is 0 Å². The number of amides is 1. The molecule has 0 aromatic rings. The van der Waals surface area contributed by atoms with Gasteiger partial charge in [-0.3, -0.25) is 4.90 Å². The van der Waals surface area contributed by atoms with Crippen LogP contribution in [0.1, 0.15) is 53.9 Å². The zero-order valence-electron chi connectivity index (χ0n) is 14.4. The van der Waals surface area contributed by atoms with Gasteiger partial charge in [0, 0.05) is 37.0 Å². The topological polar surface area (TPSA) is 61.8 Å². The van der Waals surface area contributed by atoms with Crippen LogP contribution in [0.15, 0.2) is 0 Å². The van der Waals surface area contributed by atoms with Crippen LogP contribution < -0.4 is 5.32 Å². The Balaban J connectivity index is 3.14. The van der Waals surface area contributed by atoms with Gasteiger partial charge in [-0.05, 0) is 26.7 Å². The van der Waals surface area contributed by atoms with E-state index in [0.717, 1.165) is 19.3 Å². The van der Waals surface area contributed by atoms with Crippen molar-refractivity contribution >= 4 is 6.09 Å². The minimum Gasteiger partial charge on any atom is -0.446 e. The number of aliphatic hydroxyl groups is 1. The highest BCUT2D eigenvalue weighted by atomic mass is 16.6. The van der Waals surface area contributed by atoms with Crippen LogP contribution in [0, 0.1) is 5.92 Å². The van der Waals surface area contributed by atoms with Gasteiger partial charge < -0.3 is 15.2 Å². The van der Waals surface area contributed by atoms with Crippen molar-refractivity contribution in [2.24, 2.45) is 5.92 Å². The van der Waals surface area contributed by atoms with E-state index in [9.17, 15) is 9.90 Å². The number of β-amino-alcohol motifs (C(OH)–C–C–N with tert-alkyl or cyclic N) is 1. The summed E-state index contributed by atoms with van der Waals surface area (Å²) in [6.07, 6.45) is 2.25. The number of rotatable bonds is 5. The fourth-order valence-corrected chi connectivity index (χ4v) is 3.80. The lowest BCUT2D eigenvalue weighted by molar-refractivity contribution is -0.140. The molecule has 1 aliphatic heterocycles. The number of ether oxygens (including phenoxy) is 1. The average Bonchev–Trinajstić information content (AvgIpc) is 2.48. The monoisotopic (exact) mass is 300 g/mol. The molecule has 21 heavy (non-hydrogen) atoms. The first kappa shape index (κ1) is 18.2. The lowest BCUT2D eigenvalue weighted by Gasteiger charge is -2.60. The van der Waals surface area contributed by atoms with Crippen LogP contribution in [0.4, 0.5) is 4.79 Å². The van der Waals surface area contributed by atoms with E-state index in [0.29, 0.717) is 6.54 Å². The second kappa shape index (κ2) is 6.97. The molecule has 0 spiro atoms. The van der Waals surface area contributed by atoms with Crippen LogP contribution in [0.25, 0.3) is 0 Å². The summed E-state index contributed by atoms with van der Waals surface area (Å²) >= 11 is 0. The average molecular weight is 300 g/mol. The first-order valence-electron chi connectivity index (χ1n) is 8.06. The van der Waals surface area contributed by atoms with Gasteiger partial charge in [-0.1, -0.05) is 20.8 Å². The van der Waals surface area contributed by atoms with E-state index in [1.54, 1.807) is 7.05 Å². The van der Waals surface area contributed by atoms with Crippen LogP contribution in [0.3, 0.4) is 0 Å². The number of alkyl carbamates (subject to hydrolysis) is 1. The highest BCUT2D eigenvalue weighted by Crippen LogP contribution is 2.46. The highest BCUT2D eigenvalue weighted by molar-refractivity contribution is 5.66. The van der Waals surface area contributed by atoms with Crippen molar-refractivity contribution in [1.29, 1.82) is 0 Å². The summed E-state index contributed by atoms with van der Waals surface area (Å²) < 4.78 is 5.63. The van der Waals surface area contributed by atoms with E-state index in [2.05, 4.69) is 44.8 Å². The summed E-state index contributed by atoms with van der Waals surface area (Å²) in [7, 11) is 1.59. The predicted octanol–water partition coefficient (Wildman–Crippen LogP) is 2.38. The van der Waals surface area contributed by atoms with Crippen LogP contribution in [-0.4, -0.2) is 53.5 Å². The zero-order valence-corrected chi connectivity index (χ0v) is 14.4.